The molecule has 1 aliphatic heterocycles. The smallest absolute Gasteiger partial charge is 0.193 e. The summed E-state index contributed by atoms with van der Waals surface area (Å²) in [4.78, 5) is 10.7. The molecule has 0 saturated carbocycles. The van der Waals surface area contributed by atoms with Gasteiger partial charge >= 0.3 is 0 Å². The maximum absolute atomic E-state index is 5.55. The molecule has 2 aromatic rings. The minimum atomic E-state index is 0. The quantitative estimate of drug-likeness (QED) is 0.304. The predicted molar refractivity (Wildman–Crippen MR) is 138 cm³/mol. The van der Waals surface area contributed by atoms with Crippen LogP contribution in [0, 0.1) is 0 Å². The molecule has 1 saturated heterocycles. The Balaban J connectivity index is 0.00000341. The number of rotatable bonds is 8. The second-order valence-electron chi connectivity index (χ2n) is 7.08. The van der Waals surface area contributed by atoms with Crippen molar-refractivity contribution in [2.24, 2.45) is 4.99 Å². The monoisotopic (exact) mass is 560 g/mol. The molecule has 0 unspecified atom stereocenters. The van der Waals surface area contributed by atoms with E-state index in [0.717, 1.165) is 74.5 Å². The fourth-order valence-electron chi connectivity index (χ4n) is 3.70. The van der Waals surface area contributed by atoms with Crippen molar-refractivity contribution in [3.8, 4) is 17.2 Å². The van der Waals surface area contributed by atoms with E-state index in [1.165, 1.54) is 4.88 Å². The topological polar surface area (TPSA) is 58.6 Å². The number of methoxy groups -OCH3 is 3. The molecule has 3 rings (SSSR count). The van der Waals surface area contributed by atoms with Crippen LogP contribution in [-0.2, 0) is 13.0 Å². The third-order valence-corrected chi connectivity index (χ3v) is 6.18. The van der Waals surface area contributed by atoms with E-state index >= 15 is 0 Å². The predicted octanol–water partition coefficient (Wildman–Crippen LogP) is 3.33. The van der Waals surface area contributed by atoms with E-state index in [4.69, 9.17) is 14.2 Å². The van der Waals surface area contributed by atoms with Gasteiger partial charge in [0.25, 0.3) is 0 Å². The number of guanidine groups is 1. The van der Waals surface area contributed by atoms with Gasteiger partial charge in [0.1, 0.15) is 17.2 Å². The van der Waals surface area contributed by atoms with Gasteiger partial charge in [0, 0.05) is 68.9 Å². The van der Waals surface area contributed by atoms with Gasteiger partial charge in [-0.3, -0.25) is 9.89 Å². The number of piperazine rings is 1. The van der Waals surface area contributed by atoms with Gasteiger partial charge in [-0.2, -0.15) is 0 Å². The second-order valence-corrected chi connectivity index (χ2v) is 8.11. The first-order valence-electron chi connectivity index (χ1n) is 10.2. The van der Waals surface area contributed by atoms with E-state index in [0.29, 0.717) is 0 Å². The summed E-state index contributed by atoms with van der Waals surface area (Å²) >= 11 is 1.83. The Morgan fingerprint density at radius 2 is 1.74 bits per heavy atom. The summed E-state index contributed by atoms with van der Waals surface area (Å²) in [5.74, 6) is 3.20. The highest BCUT2D eigenvalue weighted by Gasteiger charge is 2.20. The highest BCUT2D eigenvalue weighted by molar-refractivity contribution is 14.0. The van der Waals surface area contributed by atoms with Crippen LogP contribution in [-0.4, -0.2) is 76.9 Å². The molecule has 0 amide bonds. The van der Waals surface area contributed by atoms with Crippen LogP contribution in [0.2, 0.25) is 0 Å². The van der Waals surface area contributed by atoms with Gasteiger partial charge in [-0.05, 0) is 17.9 Å². The van der Waals surface area contributed by atoms with Crippen LogP contribution in [0.25, 0.3) is 0 Å². The van der Waals surface area contributed by atoms with E-state index in [1.807, 2.05) is 30.5 Å². The van der Waals surface area contributed by atoms with Gasteiger partial charge in [0.15, 0.2) is 5.96 Å². The number of nitrogens with zero attached hydrogens (tertiary/aromatic N) is 3. The molecule has 0 bridgehead atoms. The largest absolute Gasteiger partial charge is 0.496 e. The summed E-state index contributed by atoms with van der Waals surface area (Å²) in [5.41, 5.74) is 1.02. The van der Waals surface area contributed by atoms with Crippen LogP contribution >= 0.6 is 35.3 Å². The van der Waals surface area contributed by atoms with Crippen LogP contribution in [0.15, 0.2) is 34.6 Å². The van der Waals surface area contributed by atoms with Crippen molar-refractivity contribution < 1.29 is 14.2 Å². The van der Waals surface area contributed by atoms with Gasteiger partial charge in [0.05, 0.1) is 21.3 Å². The molecule has 1 fully saturated rings. The molecule has 2 heterocycles. The molecular formula is C22H33IN4O3S. The number of hydrogen-bond acceptors (Lipinski definition) is 6. The van der Waals surface area contributed by atoms with Crippen LogP contribution in [0.1, 0.15) is 10.4 Å². The van der Waals surface area contributed by atoms with Gasteiger partial charge in [-0.15, -0.1) is 35.3 Å². The number of nitrogens with one attached hydrogen (secondary N) is 1. The van der Waals surface area contributed by atoms with Crippen molar-refractivity contribution in [3.63, 3.8) is 0 Å². The first kappa shape index (κ1) is 25.5. The van der Waals surface area contributed by atoms with Crippen LogP contribution in [0.4, 0.5) is 0 Å². The number of ether oxygens (including phenoxy) is 3. The molecule has 0 aliphatic carbocycles. The average Bonchev–Trinajstić information content (AvgIpc) is 3.30. The normalized spacial score (nSPS) is 14.7. The molecule has 7 nitrogen and oxygen atoms in total. The summed E-state index contributed by atoms with van der Waals surface area (Å²) in [7, 11) is 6.81. The molecule has 0 spiro atoms. The van der Waals surface area contributed by atoms with Gasteiger partial charge in [-0.1, -0.05) is 6.07 Å². The highest BCUT2D eigenvalue weighted by atomic mass is 127. The summed E-state index contributed by atoms with van der Waals surface area (Å²) in [6.45, 7) is 5.80. The lowest BCUT2D eigenvalue weighted by Gasteiger charge is -2.36. The molecule has 0 radical (unpaired) electrons. The van der Waals surface area contributed by atoms with Crippen LogP contribution < -0.4 is 19.5 Å². The van der Waals surface area contributed by atoms with E-state index in [1.54, 1.807) is 21.3 Å². The molecule has 172 valence electrons. The fraction of sp³-hybridized carbons (Fsp3) is 0.500. The first-order valence-corrected chi connectivity index (χ1v) is 11.1. The Bertz CT molecular complexity index is 799. The van der Waals surface area contributed by atoms with Crippen molar-refractivity contribution in [1.82, 2.24) is 15.1 Å². The minimum absolute atomic E-state index is 0. The summed E-state index contributed by atoms with van der Waals surface area (Å²) in [6, 6.07) is 8.10. The number of benzene rings is 1. The zero-order valence-corrected chi connectivity index (χ0v) is 21.9. The SMILES string of the molecule is CN=C(NCCc1c(OC)cc(OC)cc1OC)N1CCN(Cc2cccs2)CC1.I. The maximum atomic E-state index is 5.55. The maximum Gasteiger partial charge on any atom is 0.193 e. The molecule has 0 atom stereocenters. The van der Waals surface area contributed by atoms with Crippen molar-refractivity contribution in [1.29, 1.82) is 0 Å². The van der Waals surface area contributed by atoms with Crippen molar-refractivity contribution in [2.45, 2.75) is 13.0 Å². The lowest BCUT2D eigenvalue weighted by molar-refractivity contribution is 0.174. The van der Waals surface area contributed by atoms with Gasteiger partial charge in [0.2, 0.25) is 0 Å². The lowest BCUT2D eigenvalue weighted by atomic mass is 10.1. The summed E-state index contributed by atoms with van der Waals surface area (Å²) < 4.78 is 16.4. The van der Waals surface area contributed by atoms with Crippen molar-refractivity contribution >= 4 is 41.3 Å². The first-order chi connectivity index (χ1) is 14.7. The summed E-state index contributed by atoms with van der Waals surface area (Å²) in [6.07, 6.45) is 0.758. The van der Waals surface area contributed by atoms with E-state index in [2.05, 4.69) is 37.6 Å². The van der Waals surface area contributed by atoms with Crippen molar-refractivity contribution in [2.75, 3.05) is 61.1 Å². The van der Waals surface area contributed by atoms with E-state index in [-0.39, 0.29) is 24.0 Å². The molecular weight excluding hydrogens is 527 g/mol. The molecule has 1 N–H and O–H groups in total. The molecule has 1 aromatic carbocycles. The minimum Gasteiger partial charge on any atom is -0.496 e. The fourth-order valence-corrected chi connectivity index (χ4v) is 4.44. The average molecular weight is 561 g/mol. The number of halogens is 1. The molecule has 1 aromatic heterocycles. The van der Waals surface area contributed by atoms with Crippen molar-refractivity contribution in [3.05, 3.63) is 40.1 Å². The third-order valence-electron chi connectivity index (χ3n) is 5.32. The zero-order chi connectivity index (χ0) is 21.3. The standard InChI is InChI=1S/C22H32N4O3S.HI/c1-23-22(26-11-9-25(10-12-26)16-18-6-5-13-30-18)24-8-7-19-20(28-3)14-17(27-2)15-21(19)29-4;/h5-6,13-15H,7-12,16H2,1-4H3,(H,23,24);1H. The Labute approximate surface area is 206 Å². The van der Waals surface area contributed by atoms with Gasteiger partial charge < -0.3 is 24.4 Å². The Kier molecular flexibility index (Phi) is 10.7. The van der Waals surface area contributed by atoms with Crippen LogP contribution in [0.5, 0.6) is 17.2 Å². The van der Waals surface area contributed by atoms with Crippen LogP contribution in [0.3, 0.4) is 0 Å². The zero-order valence-electron chi connectivity index (χ0n) is 18.7. The third kappa shape index (κ3) is 6.88. The molecule has 31 heavy (non-hydrogen) atoms. The highest BCUT2D eigenvalue weighted by Crippen LogP contribution is 2.34. The van der Waals surface area contributed by atoms with Gasteiger partial charge in [-0.25, -0.2) is 0 Å². The van der Waals surface area contributed by atoms with E-state index in [9.17, 15) is 0 Å². The Morgan fingerprint density at radius 1 is 1.06 bits per heavy atom. The molecule has 1 aliphatic rings. The van der Waals surface area contributed by atoms with E-state index < -0.39 is 0 Å². The summed E-state index contributed by atoms with van der Waals surface area (Å²) in [5, 5.41) is 5.64. The number of thiophene rings is 1. The second kappa shape index (κ2) is 13.0. The number of hydrogen-bond donors (Lipinski definition) is 1. The molecule has 9 heteroatoms. The Morgan fingerprint density at radius 3 is 2.26 bits per heavy atom. The Hall–Kier alpha value is -1.72. The number of aliphatic imine (C=N–C) groups is 1. The lowest BCUT2D eigenvalue weighted by Crippen LogP contribution is -2.52.